The summed E-state index contributed by atoms with van der Waals surface area (Å²) < 4.78 is 18.7. The number of rotatable bonds is 6. The third-order valence-corrected chi connectivity index (χ3v) is 6.07. The van der Waals surface area contributed by atoms with Crippen LogP contribution in [0, 0.1) is 12.3 Å². The normalized spacial score (nSPS) is 12.5. The molecule has 176 valence electrons. The Hall–Kier alpha value is -4.24. The second-order valence-electron chi connectivity index (χ2n) is 8.76. The molecule has 35 heavy (non-hydrogen) atoms. The summed E-state index contributed by atoms with van der Waals surface area (Å²) in [6.45, 7) is 5.84. The van der Waals surface area contributed by atoms with Crippen molar-refractivity contribution in [2.45, 2.75) is 26.3 Å². The summed E-state index contributed by atoms with van der Waals surface area (Å²) in [5.74, 6) is 4.93. The Morgan fingerprint density at radius 2 is 1.80 bits per heavy atom. The molecule has 0 atom stereocenters. The maximum absolute atomic E-state index is 13.3. The van der Waals surface area contributed by atoms with Crippen LogP contribution in [0.3, 0.4) is 0 Å². The summed E-state index contributed by atoms with van der Waals surface area (Å²) in [7, 11) is 0. The molecule has 0 saturated heterocycles. The van der Waals surface area contributed by atoms with E-state index in [1.54, 1.807) is 4.57 Å². The summed E-state index contributed by atoms with van der Waals surface area (Å²) in [6.07, 6.45) is 5.37. The highest BCUT2D eigenvalue weighted by Gasteiger charge is 2.16. The van der Waals surface area contributed by atoms with Crippen LogP contribution < -0.4 is 19.9 Å². The highest BCUT2D eigenvalue weighted by Crippen LogP contribution is 2.33. The number of hydrogen-bond donors (Lipinski definition) is 0. The maximum Gasteiger partial charge on any atom is 0.348 e. The molecule has 6 heteroatoms. The summed E-state index contributed by atoms with van der Waals surface area (Å²) in [6, 6.07) is 19.5. The number of terminal acetylenes is 1. The van der Waals surface area contributed by atoms with E-state index in [1.807, 2.05) is 48.5 Å². The largest absolute Gasteiger partial charge is 0.486 e. The molecule has 0 amide bonds. The Labute approximate surface area is 204 Å². The minimum Gasteiger partial charge on any atom is -0.486 e. The van der Waals surface area contributed by atoms with Crippen LogP contribution in [0.1, 0.15) is 30.9 Å². The van der Waals surface area contributed by atoms with E-state index >= 15 is 0 Å². The Bertz CT molecular complexity index is 1480. The molecule has 0 aliphatic carbocycles. The van der Waals surface area contributed by atoms with Crippen molar-refractivity contribution in [2.24, 2.45) is 0 Å². The lowest BCUT2D eigenvalue weighted by Crippen LogP contribution is -2.25. The quantitative estimate of drug-likeness (QED) is 0.374. The Morgan fingerprint density at radius 1 is 1.03 bits per heavy atom. The second kappa shape index (κ2) is 9.55. The molecule has 2 heterocycles. The van der Waals surface area contributed by atoms with E-state index in [1.165, 1.54) is 5.56 Å². The van der Waals surface area contributed by atoms with Gasteiger partial charge in [-0.25, -0.2) is 4.79 Å². The van der Waals surface area contributed by atoms with Gasteiger partial charge in [-0.2, -0.15) is 4.98 Å². The summed E-state index contributed by atoms with van der Waals surface area (Å²) >= 11 is 0. The molecule has 0 unspecified atom stereocenters. The van der Waals surface area contributed by atoms with Crippen molar-refractivity contribution in [3.8, 4) is 40.8 Å². The third kappa shape index (κ3) is 4.58. The van der Waals surface area contributed by atoms with E-state index in [9.17, 15) is 4.79 Å². The van der Waals surface area contributed by atoms with Crippen LogP contribution in [-0.4, -0.2) is 29.4 Å². The van der Waals surface area contributed by atoms with Gasteiger partial charge in [-0.15, -0.1) is 6.42 Å². The molecule has 1 aliphatic rings. The lowest BCUT2D eigenvalue weighted by Gasteiger charge is -2.19. The Morgan fingerprint density at radius 3 is 2.54 bits per heavy atom. The van der Waals surface area contributed by atoms with E-state index in [0.717, 1.165) is 22.0 Å². The molecule has 5 rings (SSSR count). The van der Waals surface area contributed by atoms with Crippen LogP contribution in [0.25, 0.3) is 22.2 Å². The molecule has 4 aromatic rings. The maximum atomic E-state index is 13.3. The van der Waals surface area contributed by atoms with E-state index in [-0.39, 0.29) is 12.3 Å². The lowest BCUT2D eigenvalue weighted by atomic mass is 9.99. The highest BCUT2D eigenvalue weighted by molar-refractivity contribution is 5.93. The number of hydrogen-bond acceptors (Lipinski definition) is 5. The van der Waals surface area contributed by atoms with Crippen molar-refractivity contribution in [1.29, 1.82) is 0 Å². The molecule has 6 nitrogen and oxygen atoms in total. The van der Waals surface area contributed by atoms with Crippen molar-refractivity contribution >= 4 is 10.9 Å². The van der Waals surface area contributed by atoms with Crippen molar-refractivity contribution in [3.05, 3.63) is 82.3 Å². The molecular weight excluding hydrogens is 440 g/mol. The fourth-order valence-corrected chi connectivity index (χ4v) is 4.24. The minimum atomic E-state index is -0.326. The van der Waals surface area contributed by atoms with Gasteiger partial charge in [0.1, 0.15) is 25.6 Å². The van der Waals surface area contributed by atoms with E-state index in [2.05, 4.69) is 36.9 Å². The van der Waals surface area contributed by atoms with Gasteiger partial charge in [0.05, 0.1) is 17.8 Å². The molecule has 0 saturated carbocycles. The number of nitrogens with zero attached hydrogens (tertiary/aromatic N) is 2. The molecule has 0 radical (unpaired) electrons. The molecule has 0 fully saturated rings. The van der Waals surface area contributed by atoms with Crippen molar-refractivity contribution in [3.63, 3.8) is 0 Å². The highest BCUT2D eigenvalue weighted by atomic mass is 16.6. The zero-order valence-electron chi connectivity index (χ0n) is 19.8. The number of aromatic nitrogens is 2. The van der Waals surface area contributed by atoms with Crippen LogP contribution in [-0.2, 0) is 6.54 Å². The molecule has 1 aliphatic heterocycles. The average molecular weight is 467 g/mol. The topological polar surface area (TPSA) is 62.6 Å². The average Bonchev–Trinajstić information content (AvgIpc) is 2.88. The van der Waals surface area contributed by atoms with Gasteiger partial charge in [0, 0.05) is 10.9 Å². The van der Waals surface area contributed by atoms with Gasteiger partial charge < -0.3 is 14.2 Å². The van der Waals surface area contributed by atoms with E-state index in [0.29, 0.717) is 48.6 Å². The van der Waals surface area contributed by atoms with Crippen LogP contribution >= 0.6 is 0 Å². The first-order valence-electron chi connectivity index (χ1n) is 11.6. The van der Waals surface area contributed by atoms with Gasteiger partial charge in [-0.1, -0.05) is 50.1 Å². The van der Waals surface area contributed by atoms with Gasteiger partial charge in [-0.05, 0) is 47.4 Å². The van der Waals surface area contributed by atoms with Gasteiger partial charge in [0.2, 0.25) is 0 Å². The van der Waals surface area contributed by atoms with Crippen LogP contribution in [0.4, 0.5) is 0 Å². The molecule has 0 bridgehead atoms. The summed E-state index contributed by atoms with van der Waals surface area (Å²) in [4.78, 5) is 17.8. The van der Waals surface area contributed by atoms with Gasteiger partial charge in [-0.3, -0.25) is 4.57 Å². The first-order chi connectivity index (χ1) is 17.0. The second-order valence-corrected chi connectivity index (χ2v) is 8.76. The summed E-state index contributed by atoms with van der Waals surface area (Å²) in [5, 5.41) is 0.814. The van der Waals surface area contributed by atoms with Crippen LogP contribution in [0.5, 0.6) is 17.2 Å². The SMILES string of the molecule is C#CCOc1ccc2c(c1)c(-c1ccc(C(C)C)cc1)nc(=O)n2Cc1ccc2c(c1)OCCO2. The predicted octanol–water partition coefficient (Wildman–Crippen LogP) is 5.02. The minimum absolute atomic E-state index is 0.161. The zero-order chi connectivity index (χ0) is 24.4. The van der Waals surface area contributed by atoms with Gasteiger partial charge in [0.25, 0.3) is 0 Å². The van der Waals surface area contributed by atoms with E-state index in [4.69, 9.17) is 20.6 Å². The fraction of sp³-hybridized carbons (Fsp3) is 0.241. The third-order valence-electron chi connectivity index (χ3n) is 6.07. The Balaban J connectivity index is 1.62. The first-order valence-corrected chi connectivity index (χ1v) is 11.6. The van der Waals surface area contributed by atoms with Crippen molar-refractivity contribution in [1.82, 2.24) is 9.55 Å². The number of benzene rings is 3. The number of ether oxygens (including phenoxy) is 3. The number of fused-ring (bicyclic) bond motifs is 2. The van der Waals surface area contributed by atoms with Gasteiger partial charge >= 0.3 is 5.69 Å². The molecule has 0 N–H and O–H groups in total. The molecule has 0 spiro atoms. The first kappa shape index (κ1) is 22.5. The standard InChI is InChI=1S/C29H26N2O4/c1-4-13-33-23-10-11-25-24(17-23)28(22-8-6-21(7-9-22)19(2)3)30-29(32)31(25)18-20-5-12-26-27(16-20)35-15-14-34-26/h1,5-12,16-17,19H,13-15,18H2,2-3H3. The smallest absolute Gasteiger partial charge is 0.348 e. The fourth-order valence-electron chi connectivity index (χ4n) is 4.24. The van der Waals surface area contributed by atoms with E-state index < -0.39 is 0 Å². The van der Waals surface area contributed by atoms with Crippen LogP contribution in [0.15, 0.2) is 65.5 Å². The van der Waals surface area contributed by atoms with Gasteiger partial charge in [0.15, 0.2) is 11.5 Å². The van der Waals surface area contributed by atoms with Crippen LogP contribution in [0.2, 0.25) is 0 Å². The monoisotopic (exact) mass is 466 g/mol. The van der Waals surface area contributed by atoms with Crippen molar-refractivity contribution in [2.75, 3.05) is 19.8 Å². The molecule has 1 aromatic heterocycles. The molecular formula is C29H26N2O4. The molecule has 3 aromatic carbocycles. The van der Waals surface area contributed by atoms with Crippen molar-refractivity contribution < 1.29 is 14.2 Å². The lowest BCUT2D eigenvalue weighted by molar-refractivity contribution is 0.171. The zero-order valence-corrected chi connectivity index (χ0v) is 19.8. The Kier molecular flexibility index (Phi) is 6.15. The predicted molar refractivity (Wildman–Crippen MR) is 136 cm³/mol. The summed E-state index contributed by atoms with van der Waals surface area (Å²) in [5.41, 5.74) is 4.06.